The van der Waals surface area contributed by atoms with E-state index in [9.17, 15) is 9.90 Å². The van der Waals surface area contributed by atoms with Crippen LogP contribution in [-0.4, -0.2) is 16.2 Å². The number of rotatable bonds is 5. The van der Waals surface area contributed by atoms with Gasteiger partial charge in [0.05, 0.1) is 6.10 Å². The predicted octanol–water partition coefficient (Wildman–Crippen LogP) is 3.31. The Morgan fingerprint density at radius 2 is 1.94 bits per heavy atom. The molecule has 1 heterocycles. The molecule has 0 saturated carbocycles. The molecule has 1 aromatic heterocycles. The summed E-state index contributed by atoms with van der Waals surface area (Å²) in [6.07, 6.45) is -0.451. The summed E-state index contributed by atoms with van der Waals surface area (Å²) >= 11 is 1.46. The Morgan fingerprint density at radius 3 is 2.61 bits per heavy atom. The number of aliphatic carboxylic acids is 1. The first-order chi connectivity index (χ1) is 8.66. The highest BCUT2D eigenvalue weighted by molar-refractivity contribution is 7.10. The summed E-state index contributed by atoms with van der Waals surface area (Å²) in [5.41, 5.74) is 2.16. The van der Waals surface area contributed by atoms with Crippen LogP contribution in [0.3, 0.4) is 0 Å². The Morgan fingerprint density at radius 1 is 1.22 bits per heavy atom. The first kappa shape index (κ1) is 12.8. The minimum Gasteiger partial charge on any atom is -0.481 e. The number of hydrogen-bond acceptors (Lipinski definition) is 3. The highest BCUT2D eigenvalue weighted by Crippen LogP contribution is 2.30. The molecule has 94 valence electrons. The highest BCUT2D eigenvalue weighted by Gasteiger charge is 2.12. The third-order valence-electron chi connectivity index (χ3n) is 2.69. The summed E-state index contributed by atoms with van der Waals surface area (Å²) in [6.45, 7) is 0. The lowest BCUT2D eigenvalue weighted by atomic mass is 10.1. The summed E-state index contributed by atoms with van der Waals surface area (Å²) in [5.74, 6) is -0.881. The van der Waals surface area contributed by atoms with Gasteiger partial charge in [0.2, 0.25) is 0 Å². The maximum atomic E-state index is 10.5. The van der Waals surface area contributed by atoms with E-state index in [0.29, 0.717) is 0 Å². The number of aliphatic hydroxyl groups excluding tert-OH is 1. The van der Waals surface area contributed by atoms with E-state index in [0.717, 1.165) is 16.0 Å². The van der Waals surface area contributed by atoms with Crippen LogP contribution in [0.25, 0.3) is 11.1 Å². The molecule has 1 unspecified atom stereocenters. The van der Waals surface area contributed by atoms with Crippen molar-refractivity contribution in [3.05, 3.63) is 46.7 Å². The maximum Gasteiger partial charge on any atom is 0.303 e. The predicted molar refractivity (Wildman–Crippen MR) is 71.6 cm³/mol. The molecule has 0 aliphatic rings. The van der Waals surface area contributed by atoms with Crippen LogP contribution < -0.4 is 0 Å². The second-order valence-electron chi connectivity index (χ2n) is 4.05. The summed E-state index contributed by atoms with van der Waals surface area (Å²) in [4.78, 5) is 11.3. The SMILES string of the molecule is O=C(O)CCC(O)c1cc(-c2ccccc2)cs1. The molecule has 0 bridgehead atoms. The van der Waals surface area contributed by atoms with E-state index < -0.39 is 12.1 Å². The molecule has 4 heteroatoms. The highest BCUT2D eigenvalue weighted by atomic mass is 32.1. The van der Waals surface area contributed by atoms with Crippen LogP contribution in [0, 0.1) is 0 Å². The third-order valence-corrected chi connectivity index (χ3v) is 3.72. The van der Waals surface area contributed by atoms with Gasteiger partial charge in [-0.15, -0.1) is 11.3 Å². The van der Waals surface area contributed by atoms with Gasteiger partial charge in [-0.05, 0) is 29.0 Å². The fourth-order valence-electron chi connectivity index (χ4n) is 1.71. The molecular formula is C14H14O3S. The van der Waals surface area contributed by atoms with Crippen molar-refractivity contribution >= 4 is 17.3 Å². The summed E-state index contributed by atoms with van der Waals surface area (Å²) in [7, 11) is 0. The number of aliphatic hydroxyl groups is 1. The largest absolute Gasteiger partial charge is 0.481 e. The quantitative estimate of drug-likeness (QED) is 0.869. The first-order valence-corrected chi connectivity index (χ1v) is 6.58. The Kier molecular flexibility index (Phi) is 4.12. The zero-order valence-electron chi connectivity index (χ0n) is 9.74. The average molecular weight is 262 g/mol. The van der Waals surface area contributed by atoms with Crippen molar-refractivity contribution in [1.82, 2.24) is 0 Å². The molecule has 1 atom stereocenters. The van der Waals surface area contributed by atoms with Crippen LogP contribution in [0.15, 0.2) is 41.8 Å². The molecule has 2 N–H and O–H groups in total. The standard InChI is InChI=1S/C14H14O3S/c15-12(6-7-14(16)17)13-8-11(9-18-13)10-4-2-1-3-5-10/h1-5,8-9,12,15H,6-7H2,(H,16,17). The fraction of sp³-hybridized carbons (Fsp3) is 0.214. The number of benzene rings is 1. The van der Waals surface area contributed by atoms with E-state index in [2.05, 4.69) is 0 Å². The van der Waals surface area contributed by atoms with E-state index >= 15 is 0 Å². The number of carboxylic acids is 1. The Labute approximate surface area is 109 Å². The van der Waals surface area contributed by atoms with Crippen molar-refractivity contribution in [1.29, 1.82) is 0 Å². The summed E-state index contributed by atoms with van der Waals surface area (Å²) in [6, 6.07) is 11.8. The fourth-order valence-corrected chi connectivity index (χ4v) is 2.65. The van der Waals surface area contributed by atoms with E-state index in [-0.39, 0.29) is 12.8 Å². The number of carboxylic acid groups (broad SMARTS) is 1. The second kappa shape index (κ2) is 5.80. The van der Waals surface area contributed by atoms with E-state index in [4.69, 9.17) is 5.11 Å². The molecule has 0 spiro atoms. The molecule has 0 fully saturated rings. The van der Waals surface area contributed by atoms with Gasteiger partial charge in [-0.1, -0.05) is 30.3 Å². The lowest BCUT2D eigenvalue weighted by Gasteiger charge is -2.05. The van der Waals surface area contributed by atoms with Gasteiger partial charge in [-0.2, -0.15) is 0 Å². The summed E-state index contributed by atoms with van der Waals surface area (Å²) in [5, 5.41) is 20.4. The molecular weight excluding hydrogens is 248 g/mol. The maximum absolute atomic E-state index is 10.5. The number of hydrogen-bond donors (Lipinski definition) is 2. The second-order valence-corrected chi connectivity index (χ2v) is 4.99. The third kappa shape index (κ3) is 3.18. The van der Waals surface area contributed by atoms with E-state index in [1.165, 1.54) is 11.3 Å². The van der Waals surface area contributed by atoms with Crippen molar-refractivity contribution in [2.75, 3.05) is 0 Å². The first-order valence-electron chi connectivity index (χ1n) is 5.70. The molecule has 0 radical (unpaired) electrons. The minimum absolute atomic E-state index is 0.0141. The molecule has 0 saturated heterocycles. The van der Waals surface area contributed by atoms with Crippen molar-refractivity contribution in [3.8, 4) is 11.1 Å². The summed E-state index contributed by atoms with van der Waals surface area (Å²) < 4.78 is 0. The van der Waals surface area contributed by atoms with Crippen LogP contribution in [0.5, 0.6) is 0 Å². The zero-order chi connectivity index (χ0) is 13.0. The lowest BCUT2D eigenvalue weighted by molar-refractivity contribution is -0.137. The van der Waals surface area contributed by atoms with Crippen LogP contribution in [0.2, 0.25) is 0 Å². The van der Waals surface area contributed by atoms with Crippen molar-refractivity contribution in [2.24, 2.45) is 0 Å². The molecule has 0 aliphatic heterocycles. The number of carbonyl (C=O) groups is 1. The molecule has 3 nitrogen and oxygen atoms in total. The van der Waals surface area contributed by atoms with Crippen molar-refractivity contribution in [3.63, 3.8) is 0 Å². The van der Waals surface area contributed by atoms with Gasteiger partial charge >= 0.3 is 5.97 Å². The topological polar surface area (TPSA) is 57.5 Å². The Hall–Kier alpha value is -1.65. The van der Waals surface area contributed by atoms with Gasteiger partial charge in [0.15, 0.2) is 0 Å². The molecule has 0 aliphatic carbocycles. The van der Waals surface area contributed by atoms with Gasteiger partial charge in [0, 0.05) is 11.3 Å². The molecule has 18 heavy (non-hydrogen) atoms. The monoisotopic (exact) mass is 262 g/mol. The van der Waals surface area contributed by atoms with Gasteiger partial charge < -0.3 is 10.2 Å². The van der Waals surface area contributed by atoms with Crippen LogP contribution in [0.4, 0.5) is 0 Å². The number of thiophene rings is 1. The van der Waals surface area contributed by atoms with Crippen molar-refractivity contribution in [2.45, 2.75) is 18.9 Å². The average Bonchev–Trinajstić information content (AvgIpc) is 2.86. The van der Waals surface area contributed by atoms with Crippen LogP contribution in [0.1, 0.15) is 23.8 Å². The van der Waals surface area contributed by atoms with E-state index in [1.807, 2.05) is 41.8 Å². The molecule has 1 aromatic carbocycles. The Bertz CT molecular complexity index is 519. The zero-order valence-corrected chi connectivity index (χ0v) is 10.6. The molecule has 0 amide bonds. The van der Waals surface area contributed by atoms with Gasteiger partial charge in [-0.25, -0.2) is 0 Å². The van der Waals surface area contributed by atoms with E-state index in [1.54, 1.807) is 0 Å². The Balaban J connectivity index is 2.08. The van der Waals surface area contributed by atoms with Crippen LogP contribution in [-0.2, 0) is 4.79 Å². The minimum atomic E-state index is -0.881. The van der Waals surface area contributed by atoms with Crippen LogP contribution >= 0.6 is 11.3 Å². The van der Waals surface area contributed by atoms with Gasteiger partial charge in [0.1, 0.15) is 0 Å². The normalized spacial score (nSPS) is 12.3. The van der Waals surface area contributed by atoms with Crippen molar-refractivity contribution < 1.29 is 15.0 Å². The smallest absolute Gasteiger partial charge is 0.303 e. The lowest BCUT2D eigenvalue weighted by Crippen LogP contribution is -2.00. The van der Waals surface area contributed by atoms with Gasteiger partial charge in [-0.3, -0.25) is 4.79 Å². The molecule has 2 rings (SSSR count). The van der Waals surface area contributed by atoms with Gasteiger partial charge in [0.25, 0.3) is 0 Å². The molecule has 2 aromatic rings.